The van der Waals surface area contributed by atoms with E-state index in [1.54, 1.807) is 61.5 Å². The van der Waals surface area contributed by atoms with Crippen molar-refractivity contribution < 1.29 is 14.3 Å². The first-order valence-electron chi connectivity index (χ1n) is 10.6. The Morgan fingerprint density at radius 1 is 1.09 bits per heavy atom. The number of amides is 1. The number of para-hydroxylation sites is 1. The van der Waals surface area contributed by atoms with E-state index < -0.39 is 5.97 Å². The monoisotopic (exact) mass is 515 g/mol. The molecule has 1 amide bonds. The number of fused-ring (bicyclic) bond motifs is 2. The van der Waals surface area contributed by atoms with Gasteiger partial charge in [-0.25, -0.2) is 9.78 Å². The summed E-state index contributed by atoms with van der Waals surface area (Å²) in [6.07, 6.45) is 1.61. The van der Waals surface area contributed by atoms with Crippen LogP contribution in [0.15, 0.2) is 76.0 Å². The van der Waals surface area contributed by atoms with E-state index in [0.717, 1.165) is 4.47 Å². The summed E-state index contributed by atoms with van der Waals surface area (Å²) < 4.78 is 7.31. The van der Waals surface area contributed by atoms with Crippen LogP contribution in [0.5, 0.6) is 0 Å². The van der Waals surface area contributed by atoms with Crippen molar-refractivity contribution in [1.29, 1.82) is 0 Å². The summed E-state index contributed by atoms with van der Waals surface area (Å²) in [5, 5.41) is 3.29. The Morgan fingerprint density at radius 2 is 1.85 bits per heavy atom. The van der Waals surface area contributed by atoms with Gasteiger partial charge < -0.3 is 10.1 Å². The molecule has 0 saturated carbocycles. The second-order valence-electron chi connectivity index (χ2n) is 7.60. The van der Waals surface area contributed by atoms with Crippen LogP contribution in [-0.2, 0) is 9.53 Å². The summed E-state index contributed by atoms with van der Waals surface area (Å²) in [7, 11) is 0. The molecule has 34 heavy (non-hydrogen) atoms. The largest absolute Gasteiger partial charge is 0.462 e. The van der Waals surface area contributed by atoms with E-state index in [0.29, 0.717) is 44.8 Å². The number of nitrogens with zero attached hydrogens (tertiary/aromatic N) is 2. The highest BCUT2D eigenvalue weighted by Crippen LogP contribution is 2.35. The van der Waals surface area contributed by atoms with Gasteiger partial charge in [-0.3, -0.25) is 14.2 Å². The standard InChI is InChI=1S/C26H18BrN3O4/c1-2-34-26(33)15-7-10-17(11-8-15)30-23(28-21-6-4-3-5-18(21)25(30)32)14-20-19-13-16(27)9-12-22(19)29-24(20)31/h3-14H,2H2,1H3,(H,29,31). The third-order valence-corrected chi connectivity index (χ3v) is 5.97. The van der Waals surface area contributed by atoms with Crippen molar-refractivity contribution in [2.75, 3.05) is 11.9 Å². The number of rotatable bonds is 4. The molecule has 4 aromatic rings. The number of hydrogen-bond acceptors (Lipinski definition) is 5. The van der Waals surface area contributed by atoms with Crippen molar-refractivity contribution in [3.63, 3.8) is 0 Å². The lowest BCUT2D eigenvalue weighted by Gasteiger charge is -2.12. The van der Waals surface area contributed by atoms with Crippen LogP contribution < -0.4 is 10.9 Å². The number of ether oxygens (including phenoxy) is 1. The fourth-order valence-electron chi connectivity index (χ4n) is 3.89. The molecular formula is C26H18BrN3O4. The first-order valence-corrected chi connectivity index (χ1v) is 11.4. The lowest BCUT2D eigenvalue weighted by atomic mass is 10.1. The topological polar surface area (TPSA) is 90.3 Å². The molecule has 0 bridgehead atoms. The average molecular weight is 516 g/mol. The number of hydrogen-bond donors (Lipinski definition) is 1. The predicted octanol–water partition coefficient (Wildman–Crippen LogP) is 4.82. The molecule has 1 aliphatic heterocycles. The van der Waals surface area contributed by atoms with Gasteiger partial charge in [0, 0.05) is 15.7 Å². The fraction of sp³-hybridized carbons (Fsp3) is 0.0769. The maximum Gasteiger partial charge on any atom is 0.338 e. The normalized spacial score (nSPS) is 13.7. The lowest BCUT2D eigenvalue weighted by Crippen LogP contribution is -2.22. The zero-order valence-electron chi connectivity index (χ0n) is 18.0. The number of nitrogens with one attached hydrogen (secondary N) is 1. The molecule has 168 valence electrons. The third-order valence-electron chi connectivity index (χ3n) is 5.48. The van der Waals surface area contributed by atoms with E-state index in [4.69, 9.17) is 9.72 Å². The quantitative estimate of drug-likeness (QED) is 0.311. The van der Waals surface area contributed by atoms with Crippen LogP contribution in [-0.4, -0.2) is 28.0 Å². The van der Waals surface area contributed by atoms with E-state index in [-0.39, 0.29) is 18.1 Å². The molecule has 7 nitrogen and oxygen atoms in total. The third kappa shape index (κ3) is 3.82. The Bertz CT molecular complexity index is 1560. The van der Waals surface area contributed by atoms with Crippen LogP contribution in [0.2, 0.25) is 0 Å². The average Bonchev–Trinajstić information content (AvgIpc) is 3.14. The van der Waals surface area contributed by atoms with Gasteiger partial charge in [-0.05, 0) is 67.6 Å². The van der Waals surface area contributed by atoms with E-state index >= 15 is 0 Å². The molecule has 0 fully saturated rings. The molecule has 0 saturated heterocycles. The van der Waals surface area contributed by atoms with Gasteiger partial charge in [-0.2, -0.15) is 0 Å². The molecule has 2 heterocycles. The Morgan fingerprint density at radius 3 is 2.62 bits per heavy atom. The highest BCUT2D eigenvalue weighted by atomic mass is 79.9. The van der Waals surface area contributed by atoms with Crippen LogP contribution in [0.25, 0.3) is 28.2 Å². The lowest BCUT2D eigenvalue weighted by molar-refractivity contribution is -0.110. The van der Waals surface area contributed by atoms with Crippen LogP contribution in [0.1, 0.15) is 28.7 Å². The molecule has 1 aromatic heterocycles. The summed E-state index contributed by atoms with van der Waals surface area (Å²) in [5.74, 6) is -0.421. The molecule has 0 radical (unpaired) electrons. The molecule has 0 unspecified atom stereocenters. The van der Waals surface area contributed by atoms with Crippen molar-refractivity contribution in [3.05, 3.63) is 98.5 Å². The van der Waals surface area contributed by atoms with Gasteiger partial charge in [0.05, 0.1) is 34.3 Å². The van der Waals surface area contributed by atoms with E-state index in [1.165, 1.54) is 4.57 Å². The molecule has 1 N–H and O–H groups in total. The minimum absolute atomic E-state index is 0.270. The molecule has 8 heteroatoms. The van der Waals surface area contributed by atoms with Gasteiger partial charge in [0.2, 0.25) is 0 Å². The summed E-state index contributed by atoms with van der Waals surface area (Å²) >= 11 is 3.45. The summed E-state index contributed by atoms with van der Waals surface area (Å²) in [5.41, 5.74) is 2.92. The van der Waals surface area contributed by atoms with Gasteiger partial charge >= 0.3 is 5.97 Å². The summed E-state index contributed by atoms with van der Waals surface area (Å²) in [6.45, 7) is 2.01. The van der Waals surface area contributed by atoms with Crippen LogP contribution in [0.3, 0.4) is 0 Å². The highest BCUT2D eigenvalue weighted by molar-refractivity contribution is 9.10. The minimum atomic E-state index is -0.440. The van der Waals surface area contributed by atoms with Gasteiger partial charge in [0.15, 0.2) is 0 Å². The number of carbonyl (C=O) groups excluding carboxylic acids is 2. The van der Waals surface area contributed by atoms with Crippen molar-refractivity contribution in [2.45, 2.75) is 6.92 Å². The van der Waals surface area contributed by atoms with E-state index in [9.17, 15) is 14.4 Å². The van der Waals surface area contributed by atoms with Crippen molar-refractivity contribution >= 4 is 56.0 Å². The number of aromatic nitrogens is 2. The Labute approximate surface area is 202 Å². The minimum Gasteiger partial charge on any atom is -0.462 e. The maximum atomic E-state index is 13.5. The fourth-order valence-corrected chi connectivity index (χ4v) is 4.25. The molecule has 5 rings (SSSR count). The smallest absolute Gasteiger partial charge is 0.338 e. The van der Waals surface area contributed by atoms with Gasteiger partial charge in [0.25, 0.3) is 11.5 Å². The zero-order valence-corrected chi connectivity index (χ0v) is 19.6. The van der Waals surface area contributed by atoms with E-state index in [1.807, 2.05) is 18.2 Å². The number of carbonyl (C=O) groups is 2. The Hall–Kier alpha value is -4.04. The molecule has 3 aromatic carbocycles. The van der Waals surface area contributed by atoms with Crippen LogP contribution in [0, 0.1) is 0 Å². The second-order valence-corrected chi connectivity index (χ2v) is 8.51. The Kier molecular flexibility index (Phi) is 5.59. The van der Waals surface area contributed by atoms with Crippen molar-refractivity contribution in [3.8, 4) is 5.69 Å². The highest BCUT2D eigenvalue weighted by Gasteiger charge is 2.25. The number of benzene rings is 3. The van der Waals surface area contributed by atoms with Crippen molar-refractivity contribution in [2.24, 2.45) is 0 Å². The first kappa shape index (κ1) is 21.8. The van der Waals surface area contributed by atoms with Crippen LogP contribution in [0.4, 0.5) is 5.69 Å². The van der Waals surface area contributed by atoms with Crippen molar-refractivity contribution in [1.82, 2.24) is 9.55 Å². The Balaban J connectivity index is 1.72. The maximum absolute atomic E-state index is 13.5. The number of anilines is 1. The van der Waals surface area contributed by atoms with Crippen LogP contribution >= 0.6 is 15.9 Å². The zero-order chi connectivity index (χ0) is 23.8. The molecule has 0 aliphatic carbocycles. The van der Waals surface area contributed by atoms with Gasteiger partial charge in [-0.1, -0.05) is 28.1 Å². The van der Waals surface area contributed by atoms with Gasteiger partial charge in [0.1, 0.15) is 5.82 Å². The second kappa shape index (κ2) is 8.72. The summed E-state index contributed by atoms with van der Waals surface area (Å²) in [6, 6.07) is 19.1. The summed E-state index contributed by atoms with van der Waals surface area (Å²) in [4.78, 5) is 43.0. The first-order chi connectivity index (χ1) is 16.5. The molecule has 0 spiro atoms. The molecule has 1 aliphatic rings. The number of halogens is 1. The molecule has 0 atom stereocenters. The SMILES string of the molecule is CCOC(=O)c1ccc(-n2c(C=C3C(=O)Nc4ccc(Br)cc43)nc3ccccc3c2=O)cc1. The predicted molar refractivity (Wildman–Crippen MR) is 134 cm³/mol. The molecular weight excluding hydrogens is 498 g/mol. The number of esters is 1. The van der Waals surface area contributed by atoms with Gasteiger partial charge in [-0.15, -0.1) is 0 Å². The van der Waals surface area contributed by atoms with E-state index in [2.05, 4.69) is 21.2 Å².